The Morgan fingerprint density at radius 1 is 1.02 bits per heavy atom. The highest BCUT2D eigenvalue weighted by Crippen LogP contribution is 2.41. The highest BCUT2D eigenvalue weighted by Gasteiger charge is 2.32. The molecule has 2 aromatic carbocycles. The Morgan fingerprint density at radius 3 is 2.41 bits per heavy atom. The number of hydrogen-bond donors (Lipinski definition) is 1. The van der Waals surface area contributed by atoms with Gasteiger partial charge in [0.15, 0.2) is 0 Å². The van der Waals surface area contributed by atoms with Gasteiger partial charge in [0.25, 0.3) is 10.0 Å². The van der Waals surface area contributed by atoms with E-state index in [0.29, 0.717) is 23.7 Å². The van der Waals surface area contributed by atoms with E-state index in [-0.39, 0.29) is 34.0 Å². The number of nitrogens with zero attached hydrogens (tertiary/aromatic N) is 3. The van der Waals surface area contributed by atoms with Crippen molar-refractivity contribution < 1.29 is 32.2 Å². The van der Waals surface area contributed by atoms with Gasteiger partial charge < -0.3 is 19.5 Å². The zero-order chi connectivity index (χ0) is 29.5. The molecule has 2 heterocycles. The Hall–Kier alpha value is -4.45. The van der Waals surface area contributed by atoms with Crippen molar-refractivity contribution in [1.82, 2.24) is 19.3 Å². The second-order valence-corrected chi connectivity index (χ2v) is 12.3. The van der Waals surface area contributed by atoms with Crippen LogP contribution in [0.4, 0.5) is 4.79 Å². The first kappa shape index (κ1) is 28.1. The molecule has 1 aliphatic rings. The molecular weight excluding hydrogens is 548 g/mol. The average Bonchev–Trinajstić information content (AvgIpc) is 3.53. The number of methoxy groups -OCH3 is 2. The fourth-order valence-electron chi connectivity index (χ4n) is 4.96. The van der Waals surface area contributed by atoms with Crippen molar-refractivity contribution in [2.75, 3.05) is 14.2 Å². The second kappa shape index (κ2) is 10.5. The molecule has 1 amide bonds. The summed E-state index contributed by atoms with van der Waals surface area (Å²) < 4.78 is 44.9. The lowest BCUT2D eigenvalue weighted by molar-refractivity contribution is 0.0502. The van der Waals surface area contributed by atoms with E-state index in [4.69, 9.17) is 14.2 Å². The first-order valence-electron chi connectivity index (χ1n) is 12.9. The lowest BCUT2D eigenvalue weighted by Crippen LogP contribution is -2.34. The van der Waals surface area contributed by atoms with Gasteiger partial charge in [0.2, 0.25) is 11.7 Å². The molecule has 1 N–H and O–H groups in total. The van der Waals surface area contributed by atoms with E-state index in [1.165, 1.54) is 36.4 Å². The minimum atomic E-state index is -4.12. The number of ether oxygens (including phenoxy) is 3. The minimum Gasteiger partial charge on any atom is -0.481 e. The molecule has 0 bridgehead atoms. The number of nitrogens with one attached hydrogen (secondary N) is 1. The molecule has 2 aromatic heterocycles. The average molecular weight is 579 g/mol. The molecule has 12 heteroatoms. The summed E-state index contributed by atoms with van der Waals surface area (Å²) in [6.45, 7) is 5.39. The highest BCUT2D eigenvalue weighted by atomic mass is 32.2. The summed E-state index contributed by atoms with van der Waals surface area (Å²) in [5.41, 5.74) is 1.93. The Labute approximate surface area is 237 Å². The summed E-state index contributed by atoms with van der Waals surface area (Å²) in [6.07, 6.45) is 0.694. The molecule has 0 radical (unpaired) electrons. The fourth-order valence-corrected chi connectivity index (χ4v) is 6.50. The van der Waals surface area contributed by atoms with Gasteiger partial charge in [0, 0.05) is 11.5 Å². The predicted molar refractivity (Wildman–Crippen MR) is 150 cm³/mol. The first-order valence-corrected chi connectivity index (χ1v) is 14.4. The molecule has 41 heavy (non-hydrogen) atoms. The Morgan fingerprint density at radius 2 is 1.76 bits per heavy atom. The molecule has 0 aliphatic heterocycles. The number of hydrogen-bond acceptors (Lipinski definition) is 9. The Kier molecular flexibility index (Phi) is 7.20. The molecule has 0 saturated carbocycles. The third kappa shape index (κ3) is 5.34. The van der Waals surface area contributed by atoms with Crippen LogP contribution in [0.3, 0.4) is 0 Å². The van der Waals surface area contributed by atoms with Crippen LogP contribution in [0.15, 0.2) is 59.5 Å². The molecule has 0 spiro atoms. The second-order valence-electron chi connectivity index (χ2n) is 10.5. The van der Waals surface area contributed by atoms with E-state index in [0.717, 1.165) is 11.1 Å². The summed E-state index contributed by atoms with van der Waals surface area (Å²) in [7, 11) is -1.54. The van der Waals surface area contributed by atoms with Crippen LogP contribution in [0.25, 0.3) is 22.3 Å². The standard InChI is InChI=1S/C29H30N4O7S/c1-29(2,3)40-28(35)31-21-13-11-18-19(21)12-14-23-20(18)15-24(33(23)41(36,37)17-9-7-6-8-10-17)22-16-25(38-4)32-26(30-22)27(34)39-5/h6-10,12,14-16,21H,11,13H2,1-5H3,(H,31,35)/t21-/m1/s1. The van der Waals surface area contributed by atoms with Gasteiger partial charge in [-0.1, -0.05) is 24.3 Å². The molecule has 1 atom stereocenters. The number of alkyl carbamates (subject to hydrolysis) is 1. The van der Waals surface area contributed by atoms with Crippen LogP contribution < -0.4 is 10.1 Å². The molecule has 0 fully saturated rings. The molecule has 214 valence electrons. The lowest BCUT2D eigenvalue weighted by Gasteiger charge is -2.22. The molecule has 11 nitrogen and oxygen atoms in total. The van der Waals surface area contributed by atoms with Crippen molar-refractivity contribution >= 4 is 33.0 Å². The van der Waals surface area contributed by atoms with E-state index >= 15 is 0 Å². The van der Waals surface area contributed by atoms with Gasteiger partial charge in [-0.25, -0.2) is 27.0 Å². The fraction of sp³-hybridized carbons (Fsp3) is 0.310. The maximum atomic E-state index is 14.1. The number of carbonyl (C=O) groups excluding carboxylic acids is 2. The zero-order valence-electron chi connectivity index (χ0n) is 23.3. The molecule has 1 aliphatic carbocycles. The number of amides is 1. The topological polar surface area (TPSA) is 139 Å². The van der Waals surface area contributed by atoms with Crippen LogP contribution in [0.1, 0.15) is 55.0 Å². The Bertz CT molecular complexity index is 1760. The minimum absolute atomic E-state index is 0.0659. The molecule has 4 aromatic rings. The number of rotatable bonds is 6. The molecule has 0 unspecified atom stereocenters. The SMILES string of the molecule is COC(=O)c1nc(OC)cc(-c2cc3c4c(ccc3n2S(=O)(=O)c2ccccc2)[C@H](NC(=O)OC(C)(C)C)CC4)n1. The molecule has 5 rings (SSSR count). The van der Waals surface area contributed by atoms with E-state index in [1.807, 2.05) is 6.07 Å². The van der Waals surface area contributed by atoms with Crippen LogP contribution in [0.2, 0.25) is 0 Å². The number of carbonyl (C=O) groups is 2. The van der Waals surface area contributed by atoms with Crippen molar-refractivity contribution in [3.05, 3.63) is 71.5 Å². The van der Waals surface area contributed by atoms with E-state index in [1.54, 1.807) is 51.1 Å². The highest BCUT2D eigenvalue weighted by molar-refractivity contribution is 7.90. The largest absolute Gasteiger partial charge is 0.481 e. The van der Waals surface area contributed by atoms with Crippen LogP contribution in [-0.2, 0) is 25.9 Å². The number of benzene rings is 2. The summed E-state index contributed by atoms with van der Waals surface area (Å²) in [4.78, 5) is 33.3. The number of aromatic nitrogens is 3. The van der Waals surface area contributed by atoms with Gasteiger partial charge in [-0.05, 0) is 69.0 Å². The van der Waals surface area contributed by atoms with Crippen molar-refractivity contribution in [3.8, 4) is 17.3 Å². The normalized spacial score (nSPS) is 14.9. The van der Waals surface area contributed by atoms with Crippen LogP contribution in [0.5, 0.6) is 5.88 Å². The van der Waals surface area contributed by atoms with Crippen molar-refractivity contribution in [1.29, 1.82) is 0 Å². The van der Waals surface area contributed by atoms with Gasteiger partial charge in [-0.3, -0.25) is 0 Å². The molecular formula is C29H30N4O7S. The number of aryl methyl sites for hydroxylation is 1. The zero-order valence-corrected chi connectivity index (χ0v) is 24.1. The smallest absolute Gasteiger partial charge is 0.408 e. The maximum Gasteiger partial charge on any atom is 0.408 e. The van der Waals surface area contributed by atoms with Gasteiger partial charge in [0.05, 0.1) is 42.1 Å². The van der Waals surface area contributed by atoms with E-state index < -0.39 is 27.7 Å². The first-order chi connectivity index (χ1) is 19.4. The van der Waals surface area contributed by atoms with Crippen LogP contribution in [-0.4, -0.2) is 54.2 Å². The summed E-state index contributed by atoms with van der Waals surface area (Å²) in [6, 6.07) is 14.5. The van der Waals surface area contributed by atoms with Crippen LogP contribution in [0, 0.1) is 0 Å². The summed E-state index contributed by atoms with van der Waals surface area (Å²) >= 11 is 0. The third-order valence-electron chi connectivity index (χ3n) is 6.66. The van der Waals surface area contributed by atoms with E-state index in [2.05, 4.69) is 15.3 Å². The summed E-state index contributed by atoms with van der Waals surface area (Å²) in [5.74, 6) is -1.01. The van der Waals surface area contributed by atoms with E-state index in [9.17, 15) is 18.0 Å². The number of fused-ring (bicyclic) bond motifs is 3. The van der Waals surface area contributed by atoms with Gasteiger partial charge >= 0.3 is 12.1 Å². The van der Waals surface area contributed by atoms with Crippen LogP contribution >= 0.6 is 0 Å². The summed E-state index contributed by atoms with van der Waals surface area (Å²) in [5, 5.41) is 3.62. The molecule has 0 saturated heterocycles. The number of esters is 1. The van der Waals surface area contributed by atoms with Crippen molar-refractivity contribution in [2.24, 2.45) is 0 Å². The van der Waals surface area contributed by atoms with Gasteiger partial charge in [-0.15, -0.1) is 0 Å². The van der Waals surface area contributed by atoms with Gasteiger partial charge in [0.1, 0.15) is 5.60 Å². The maximum absolute atomic E-state index is 14.1. The van der Waals surface area contributed by atoms with Crippen molar-refractivity contribution in [2.45, 2.75) is 50.2 Å². The quantitative estimate of drug-likeness (QED) is 0.324. The third-order valence-corrected chi connectivity index (χ3v) is 8.40. The lowest BCUT2D eigenvalue weighted by atomic mass is 10.0. The predicted octanol–water partition coefficient (Wildman–Crippen LogP) is 4.64. The van der Waals surface area contributed by atoms with Gasteiger partial charge in [-0.2, -0.15) is 4.98 Å². The van der Waals surface area contributed by atoms with Crippen molar-refractivity contribution in [3.63, 3.8) is 0 Å². The monoisotopic (exact) mass is 578 g/mol. The Balaban J connectivity index is 1.72.